The number of carbonyl (C=O) groups excluding carboxylic acids is 2. The van der Waals surface area contributed by atoms with E-state index in [1.165, 1.54) is 11.8 Å². The lowest BCUT2D eigenvalue weighted by Gasteiger charge is -2.44. The summed E-state index contributed by atoms with van der Waals surface area (Å²) in [4.78, 5) is 26.4. The van der Waals surface area contributed by atoms with Gasteiger partial charge in [-0.05, 0) is 80.3 Å². The van der Waals surface area contributed by atoms with Gasteiger partial charge in [0, 0.05) is 31.0 Å². The van der Waals surface area contributed by atoms with E-state index in [9.17, 15) is 53.1 Å². The van der Waals surface area contributed by atoms with Gasteiger partial charge in [0.1, 0.15) is 10.6 Å². The summed E-state index contributed by atoms with van der Waals surface area (Å²) in [5, 5.41) is 2.81. The Morgan fingerprint density at radius 1 is 0.889 bits per heavy atom. The minimum Gasteiger partial charge on any atom is -0.354 e. The zero-order valence-corrected chi connectivity index (χ0v) is 24.8. The molecular formula is C30H30F8N2O4S. The van der Waals surface area contributed by atoms with Crippen molar-refractivity contribution in [3.05, 3.63) is 65.0 Å². The van der Waals surface area contributed by atoms with Crippen LogP contribution in [0.3, 0.4) is 0 Å². The number of halogens is 8. The normalized spacial score (nSPS) is 25.8. The number of fused-ring (bicyclic) bond motifs is 3. The zero-order valence-electron chi connectivity index (χ0n) is 23.9. The van der Waals surface area contributed by atoms with Crippen LogP contribution in [-0.4, -0.2) is 56.1 Å². The maximum absolute atomic E-state index is 15.0. The lowest BCUT2D eigenvalue weighted by molar-refractivity contribution is -0.348. The van der Waals surface area contributed by atoms with E-state index in [1.54, 1.807) is 0 Å². The smallest absolute Gasteiger partial charge is 0.354 e. The van der Waals surface area contributed by atoms with Crippen molar-refractivity contribution in [1.29, 1.82) is 0 Å². The van der Waals surface area contributed by atoms with Gasteiger partial charge in [-0.2, -0.15) is 26.3 Å². The van der Waals surface area contributed by atoms with Crippen LogP contribution in [0.1, 0.15) is 62.1 Å². The van der Waals surface area contributed by atoms with Gasteiger partial charge in [-0.3, -0.25) is 9.59 Å². The molecule has 5 rings (SSSR count). The summed E-state index contributed by atoms with van der Waals surface area (Å²) in [6, 6.07) is 4.17. The van der Waals surface area contributed by atoms with Crippen molar-refractivity contribution in [3.8, 4) is 0 Å². The van der Waals surface area contributed by atoms with Crippen molar-refractivity contribution in [1.82, 2.24) is 10.2 Å². The molecule has 1 saturated heterocycles. The van der Waals surface area contributed by atoms with Gasteiger partial charge in [0.25, 0.3) is 0 Å². The molecule has 2 aliphatic carbocycles. The molecule has 3 aliphatic rings. The third-order valence-electron chi connectivity index (χ3n) is 9.44. The third kappa shape index (κ3) is 5.28. The van der Waals surface area contributed by atoms with E-state index in [4.69, 9.17) is 0 Å². The number of likely N-dealkylation sites (tertiary alicyclic amines) is 1. The molecule has 0 unspecified atom stereocenters. The van der Waals surface area contributed by atoms with Crippen LogP contribution < -0.4 is 5.32 Å². The van der Waals surface area contributed by atoms with E-state index < -0.39 is 55.9 Å². The molecule has 0 aromatic heterocycles. The Kier molecular flexibility index (Phi) is 8.27. The molecule has 1 aliphatic heterocycles. The van der Waals surface area contributed by atoms with Crippen LogP contribution >= 0.6 is 0 Å². The van der Waals surface area contributed by atoms with Gasteiger partial charge in [-0.15, -0.1) is 0 Å². The van der Waals surface area contributed by atoms with E-state index in [0.29, 0.717) is 37.8 Å². The summed E-state index contributed by atoms with van der Waals surface area (Å²) in [6.45, 7) is 1.31. The number of sulfone groups is 1. The number of aryl methyl sites for hydroxylation is 1. The maximum Gasteiger partial charge on any atom is 0.435 e. The first-order valence-corrected chi connectivity index (χ1v) is 15.9. The monoisotopic (exact) mass is 666 g/mol. The van der Waals surface area contributed by atoms with Gasteiger partial charge in [-0.1, -0.05) is 18.2 Å². The van der Waals surface area contributed by atoms with Crippen molar-refractivity contribution in [2.45, 2.75) is 91.6 Å². The first-order valence-electron chi connectivity index (χ1n) is 14.4. The predicted octanol–water partition coefficient (Wildman–Crippen LogP) is 6.03. The van der Waals surface area contributed by atoms with Crippen molar-refractivity contribution in [3.63, 3.8) is 0 Å². The van der Waals surface area contributed by atoms with Crippen molar-refractivity contribution >= 4 is 21.7 Å². The third-order valence-corrected chi connectivity index (χ3v) is 12.0. The summed E-state index contributed by atoms with van der Waals surface area (Å²) < 4.78 is 137. The molecule has 0 radical (unpaired) electrons. The number of alkyl halides is 7. The number of amides is 2. The van der Waals surface area contributed by atoms with Gasteiger partial charge in [0.05, 0.1) is 10.9 Å². The standard InChI is InChI=1S/C30H30F8N2O4S/c1-17(41)39-22-8-2-18(3-9-22)26(42)40-15-14-27(45(43,44)23-10-6-21(31)7-11-23)24-12-5-20(16-19(24)4-13-25(27)40)28(32,29(33,34)35)30(36,37)38/h5-7,10-12,16,18,22,25H,2-4,8-9,13-15H2,1H3,(H,39,41)/t18-,22-,25-,27-/m0/s1. The Balaban J connectivity index is 1.59. The number of nitrogens with zero attached hydrogens (tertiary/aromatic N) is 1. The summed E-state index contributed by atoms with van der Waals surface area (Å²) in [6.07, 6.45) is -11.5. The highest BCUT2D eigenvalue weighted by atomic mass is 32.2. The number of nitrogens with one attached hydrogen (secondary N) is 1. The highest BCUT2D eigenvalue weighted by Gasteiger charge is 2.74. The fourth-order valence-corrected chi connectivity index (χ4v) is 9.69. The van der Waals surface area contributed by atoms with Crippen LogP contribution in [0.15, 0.2) is 47.4 Å². The Morgan fingerprint density at radius 3 is 2.04 bits per heavy atom. The maximum atomic E-state index is 15.0. The van der Waals surface area contributed by atoms with Crippen LogP contribution in [0.2, 0.25) is 0 Å². The minimum absolute atomic E-state index is 0.0745. The van der Waals surface area contributed by atoms with Crippen LogP contribution in [0.25, 0.3) is 0 Å². The van der Waals surface area contributed by atoms with Crippen molar-refractivity contribution in [2.24, 2.45) is 5.92 Å². The number of hydrogen-bond donors (Lipinski definition) is 1. The summed E-state index contributed by atoms with van der Waals surface area (Å²) in [5.41, 5.74) is -7.77. The number of hydrogen-bond acceptors (Lipinski definition) is 4. The average molecular weight is 667 g/mol. The van der Waals surface area contributed by atoms with Gasteiger partial charge >= 0.3 is 18.0 Å². The van der Waals surface area contributed by atoms with Gasteiger partial charge < -0.3 is 10.2 Å². The highest BCUT2D eigenvalue weighted by molar-refractivity contribution is 7.92. The van der Waals surface area contributed by atoms with E-state index in [1.807, 2.05) is 0 Å². The summed E-state index contributed by atoms with van der Waals surface area (Å²) in [5.74, 6) is -1.78. The summed E-state index contributed by atoms with van der Waals surface area (Å²) >= 11 is 0. The quantitative estimate of drug-likeness (QED) is 0.313. The van der Waals surface area contributed by atoms with Crippen molar-refractivity contribution in [2.75, 3.05) is 6.54 Å². The number of benzene rings is 2. The fraction of sp³-hybridized carbons (Fsp3) is 0.533. The molecule has 45 heavy (non-hydrogen) atoms. The molecule has 2 aromatic carbocycles. The lowest BCUT2D eigenvalue weighted by Crippen LogP contribution is -2.54. The lowest BCUT2D eigenvalue weighted by atomic mass is 9.76. The Hall–Kier alpha value is -3.23. The minimum atomic E-state index is -6.36. The van der Waals surface area contributed by atoms with Crippen molar-refractivity contribution < 1.29 is 53.1 Å². The van der Waals surface area contributed by atoms with Crippen LogP contribution in [-0.2, 0) is 36.3 Å². The zero-order chi connectivity index (χ0) is 33.2. The number of rotatable bonds is 5. The van der Waals surface area contributed by atoms with E-state index in [0.717, 1.165) is 30.3 Å². The Bertz CT molecular complexity index is 1570. The topological polar surface area (TPSA) is 83.6 Å². The number of carbonyl (C=O) groups is 2. The fourth-order valence-electron chi connectivity index (χ4n) is 7.32. The SMILES string of the molecule is CC(=O)N[C@H]1CC[C@H](C(=O)N2CC[C@]3(S(=O)(=O)c4ccc(F)cc4)c4ccc(C(F)(C(F)(F)F)C(F)(F)F)cc4CC[C@H]23)CC1. The molecular weight excluding hydrogens is 636 g/mol. The first-order chi connectivity index (χ1) is 20.8. The highest BCUT2D eigenvalue weighted by Crippen LogP contribution is 2.57. The van der Waals surface area contributed by atoms with Gasteiger partial charge in [0.15, 0.2) is 9.84 Å². The van der Waals surface area contributed by atoms with Gasteiger partial charge in [-0.25, -0.2) is 17.2 Å². The molecule has 2 amide bonds. The van der Waals surface area contributed by atoms with Crippen LogP contribution in [0.4, 0.5) is 35.1 Å². The van der Waals surface area contributed by atoms with E-state index in [2.05, 4.69) is 5.32 Å². The molecule has 0 spiro atoms. The Labute approximate surface area is 254 Å². The van der Waals surface area contributed by atoms with Crippen LogP contribution in [0.5, 0.6) is 0 Å². The molecule has 2 fully saturated rings. The predicted molar refractivity (Wildman–Crippen MR) is 145 cm³/mol. The van der Waals surface area contributed by atoms with E-state index >= 15 is 0 Å². The Morgan fingerprint density at radius 2 is 1.49 bits per heavy atom. The van der Waals surface area contributed by atoms with E-state index in [-0.39, 0.29) is 59.7 Å². The molecule has 15 heteroatoms. The molecule has 1 N–H and O–H groups in total. The van der Waals surface area contributed by atoms with Crippen LogP contribution in [0, 0.1) is 11.7 Å². The molecule has 246 valence electrons. The molecule has 1 saturated carbocycles. The second-order valence-electron chi connectivity index (χ2n) is 12.0. The van der Waals surface area contributed by atoms with Gasteiger partial charge in [0.2, 0.25) is 11.8 Å². The second-order valence-corrected chi connectivity index (χ2v) is 14.2. The average Bonchev–Trinajstić information content (AvgIpc) is 3.37. The summed E-state index contributed by atoms with van der Waals surface area (Å²) in [7, 11) is -4.56. The molecule has 0 bridgehead atoms. The molecule has 1 heterocycles. The molecule has 6 nitrogen and oxygen atoms in total. The largest absolute Gasteiger partial charge is 0.435 e. The first kappa shape index (κ1) is 33.1. The molecule has 2 atom stereocenters. The second kappa shape index (κ2) is 11.2. The molecule has 2 aromatic rings.